The van der Waals surface area contributed by atoms with Crippen LogP contribution >= 0.6 is 11.6 Å². The molecule has 0 fully saturated rings. The highest BCUT2D eigenvalue weighted by molar-refractivity contribution is 6.19. The second-order valence-electron chi connectivity index (χ2n) is 3.97. The van der Waals surface area contributed by atoms with Crippen molar-refractivity contribution in [1.29, 1.82) is 0 Å². The molecule has 0 saturated heterocycles. The summed E-state index contributed by atoms with van der Waals surface area (Å²) in [6.07, 6.45) is 3.68. The van der Waals surface area contributed by atoms with Gasteiger partial charge in [-0.15, -0.1) is 11.6 Å². The molecule has 90 valence electrons. The minimum Gasteiger partial charge on any atom is -0.356 e. The van der Waals surface area contributed by atoms with Crippen LogP contribution in [0.15, 0.2) is 6.20 Å². The normalized spacial score (nSPS) is 12.4. The van der Waals surface area contributed by atoms with Crippen LogP contribution in [0.25, 0.3) is 0 Å². The SMILES string of the molecule is Cc1[nH]ncc1CCCNC(=O)C(C)CCl. The minimum atomic E-state index is -0.114. The summed E-state index contributed by atoms with van der Waals surface area (Å²) in [4.78, 5) is 11.4. The highest BCUT2D eigenvalue weighted by atomic mass is 35.5. The third-order valence-corrected chi connectivity index (χ3v) is 3.00. The number of hydrogen-bond donors (Lipinski definition) is 2. The van der Waals surface area contributed by atoms with Gasteiger partial charge in [-0.25, -0.2) is 0 Å². The summed E-state index contributed by atoms with van der Waals surface area (Å²) in [5.41, 5.74) is 2.31. The molecule has 5 heteroatoms. The van der Waals surface area contributed by atoms with Crippen molar-refractivity contribution in [3.8, 4) is 0 Å². The first-order valence-electron chi connectivity index (χ1n) is 5.47. The van der Waals surface area contributed by atoms with Gasteiger partial charge in [0.1, 0.15) is 0 Å². The molecule has 0 aromatic carbocycles. The van der Waals surface area contributed by atoms with Crippen molar-refractivity contribution in [2.75, 3.05) is 12.4 Å². The quantitative estimate of drug-likeness (QED) is 0.590. The van der Waals surface area contributed by atoms with Gasteiger partial charge < -0.3 is 5.32 Å². The van der Waals surface area contributed by atoms with E-state index in [2.05, 4.69) is 15.5 Å². The Hall–Kier alpha value is -1.03. The minimum absolute atomic E-state index is 0.0268. The molecule has 0 bridgehead atoms. The molecule has 1 aromatic heterocycles. The molecule has 1 amide bonds. The monoisotopic (exact) mass is 243 g/mol. The van der Waals surface area contributed by atoms with E-state index in [9.17, 15) is 4.79 Å². The number of aryl methyl sites for hydroxylation is 2. The first-order chi connectivity index (χ1) is 7.65. The maximum atomic E-state index is 11.4. The van der Waals surface area contributed by atoms with E-state index in [1.54, 1.807) is 0 Å². The Labute approximate surface area is 101 Å². The molecule has 2 N–H and O–H groups in total. The Morgan fingerprint density at radius 3 is 3.00 bits per heavy atom. The third-order valence-electron chi connectivity index (χ3n) is 2.54. The zero-order chi connectivity index (χ0) is 12.0. The van der Waals surface area contributed by atoms with Gasteiger partial charge in [0.05, 0.1) is 6.20 Å². The standard InChI is InChI=1S/C11H18ClN3O/c1-8(6-12)11(16)13-5-3-4-10-7-14-15-9(10)2/h7-8H,3-6H2,1-2H3,(H,13,16)(H,14,15). The number of H-pyrrole nitrogens is 1. The van der Waals surface area contributed by atoms with Crippen LogP contribution in [0.5, 0.6) is 0 Å². The Bertz CT molecular complexity index is 338. The summed E-state index contributed by atoms with van der Waals surface area (Å²) < 4.78 is 0. The van der Waals surface area contributed by atoms with Crippen LogP contribution in [0.1, 0.15) is 24.6 Å². The lowest BCUT2D eigenvalue weighted by Crippen LogP contribution is -2.30. The number of halogens is 1. The lowest BCUT2D eigenvalue weighted by atomic mass is 10.1. The lowest BCUT2D eigenvalue weighted by Gasteiger charge is -2.08. The van der Waals surface area contributed by atoms with Crippen LogP contribution in [0.3, 0.4) is 0 Å². The third kappa shape index (κ3) is 3.85. The van der Waals surface area contributed by atoms with Gasteiger partial charge in [-0.2, -0.15) is 5.10 Å². The molecular weight excluding hydrogens is 226 g/mol. The van der Waals surface area contributed by atoms with E-state index >= 15 is 0 Å². The Morgan fingerprint density at radius 2 is 2.44 bits per heavy atom. The molecule has 0 aliphatic rings. The van der Waals surface area contributed by atoms with E-state index in [1.807, 2.05) is 20.0 Å². The van der Waals surface area contributed by atoms with Crippen molar-refractivity contribution in [1.82, 2.24) is 15.5 Å². The topological polar surface area (TPSA) is 57.8 Å². The Kier molecular flexibility index (Phi) is 5.32. The zero-order valence-electron chi connectivity index (χ0n) is 9.72. The molecule has 4 nitrogen and oxygen atoms in total. The second kappa shape index (κ2) is 6.53. The van der Waals surface area contributed by atoms with Crippen molar-refractivity contribution in [3.05, 3.63) is 17.5 Å². The lowest BCUT2D eigenvalue weighted by molar-refractivity contribution is -0.123. The average molecular weight is 244 g/mol. The fourth-order valence-electron chi connectivity index (χ4n) is 1.36. The fourth-order valence-corrected chi connectivity index (χ4v) is 1.50. The van der Waals surface area contributed by atoms with Crippen LogP contribution in [0.4, 0.5) is 0 Å². The number of aromatic amines is 1. The van der Waals surface area contributed by atoms with Gasteiger partial charge >= 0.3 is 0 Å². The van der Waals surface area contributed by atoms with Gasteiger partial charge in [0.15, 0.2) is 0 Å². The van der Waals surface area contributed by atoms with E-state index < -0.39 is 0 Å². The highest BCUT2D eigenvalue weighted by Gasteiger charge is 2.10. The van der Waals surface area contributed by atoms with Crippen LogP contribution < -0.4 is 5.32 Å². The number of aromatic nitrogens is 2. The predicted molar refractivity (Wildman–Crippen MR) is 64.5 cm³/mol. The molecule has 0 radical (unpaired) electrons. The molecule has 1 rings (SSSR count). The van der Waals surface area contributed by atoms with Crippen molar-refractivity contribution in [3.63, 3.8) is 0 Å². The summed E-state index contributed by atoms with van der Waals surface area (Å²) in [5, 5.41) is 9.70. The summed E-state index contributed by atoms with van der Waals surface area (Å²) in [6, 6.07) is 0. The maximum absolute atomic E-state index is 11.4. The molecule has 16 heavy (non-hydrogen) atoms. The molecule has 0 spiro atoms. The molecule has 0 aliphatic heterocycles. The largest absolute Gasteiger partial charge is 0.356 e. The van der Waals surface area contributed by atoms with E-state index in [0.29, 0.717) is 12.4 Å². The van der Waals surface area contributed by atoms with Gasteiger partial charge in [-0.05, 0) is 25.3 Å². The summed E-state index contributed by atoms with van der Waals surface area (Å²) in [7, 11) is 0. The number of nitrogens with one attached hydrogen (secondary N) is 2. The van der Waals surface area contributed by atoms with Crippen LogP contribution in [0, 0.1) is 12.8 Å². The maximum Gasteiger partial charge on any atom is 0.224 e. The van der Waals surface area contributed by atoms with Crippen molar-refractivity contribution >= 4 is 17.5 Å². The van der Waals surface area contributed by atoms with Gasteiger partial charge in [0.25, 0.3) is 0 Å². The van der Waals surface area contributed by atoms with E-state index in [4.69, 9.17) is 11.6 Å². The molecule has 0 aliphatic carbocycles. The zero-order valence-corrected chi connectivity index (χ0v) is 10.5. The first kappa shape index (κ1) is 13.0. The molecule has 0 saturated carbocycles. The van der Waals surface area contributed by atoms with Crippen molar-refractivity contribution in [2.45, 2.75) is 26.7 Å². The van der Waals surface area contributed by atoms with Gasteiger partial charge in [-0.1, -0.05) is 6.92 Å². The first-order valence-corrected chi connectivity index (χ1v) is 6.01. The number of alkyl halides is 1. The van der Waals surface area contributed by atoms with Crippen LogP contribution in [-0.4, -0.2) is 28.5 Å². The molecular formula is C11H18ClN3O. The number of nitrogens with zero attached hydrogens (tertiary/aromatic N) is 1. The van der Waals surface area contributed by atoms with E-state index in [0.717, 1.165) is 18.5 Å². The number of rotatable bonds is 6. The van der Waals surface area contributed by atoms with Crippen LogP contribution in [-0.2, 0) is 11.2 Å². The summed E-state index contributed by atoms with van der Waals surface area (Å²) in [6.45, 7) is 4.50. The number of hydrogen-bond acceptors (Lipinski definition) is 2. The van der Waals surface area contributed by atoms with Gasteiger partial charge in [-0.3, -0.25) is 9.89 Å². The highest BCUT2D eigenvalue weighted by Crippen LogP contribution is 2.05. The number of carbonyl (C=O) groups excluding carboxylic acids is 1. The van der Waals surface area contributed by atoms with E-state index in [-0.39, 0.29) is 11.8 Å². The molecule has 1 aromatic rings. The molecule has 1 heterocycles. The predicted octanol–water partition coefficient (Wildman–Crippen LogP) is 1.64. The second-order valence-corrected chi connectivity index (χ2v) is 4.28. The molecule has 1 atom stereocenters. The molecule has 1 unspecified atom stereocenters. The summed E-state index contributed by atoms with van der Waals surface area (Å²) in [5.74, 6) is 0.281. The average Bonchev–Trinajstić information content (AvgIpc) is 2.69. The Balaban J connectivity index is 2.17. The van der Waals surface area contributed by atoms with Gasteiger partial charge in [0, 0.05) is 24.0 Å². The fraction of sp³-hybridized carbons (Fsp3) is 0.636. The van der Waals surface area contributed by atoms with Crippen molar-refractivity contribution in [2.24, 2.45) is 5.92 Å². The van der Waals surface area contributed by atoms with Crippen LogP contribution in [0.2, 0.25) is 0 Å². The van der Waals surface area contributed by atoms with Crippen molar-refractivity contribution < 1.29 is 4.79 Å². The van der Waals surface area contributed by atoms with Gasteiger partial charge in [0.2, 0.25) is 5.91 Å². The summed E-state index contributed by atoms with van der Waals surface area (Å²) >= 11 is 5.59. The Morgan fingerprint density at radius 1 is 1.69 bits per heavy atom. The smallest absolute Gasteiger partial charge is 0.224 e. The van der Waals surface area contributed by atoms with E-state index in [1.165, 1.54) is 5.56 Å². The number of carbonyl (C=O) groups is 1. The number of amides is 1.